The maximum atomic E-state index is 11.6. The number of carbonyl (C=O) groups is 2. The average molecular weight is 285 g/mol. The van der Waals surface area contributed by atoms with E-state index in [2.05, 4.69) is 15.9 Å². The molecule has 0 fully saturated rings. The van der Waals surface area contributed by atoms with Gasteiger partial charge in [0.2, 0.25) is 0 Å². The van der Waals surface area contributed by atoms with E-state index in [0.717, 1.165) is 11.1 Å². The minimum absolute atomic E-state index is 0.0249. The van der Waals surface area contributed by atoms with Crippen molar-refractivity contribution < 1.29 is 14.3 Å². The van der Waals surface area contributed by atoms with Crippen molar-refractivity contribution >= 4 is 27.7 Å². The molecule has 0 bridgehead atoms. The molecule has 0 aliphatic rings. The molecule has 0 atom stereocenters. The molecule has 0 spiro atoms. The minimum Gasteiger partial charge on any atom is -0.465 e. The Morgan fingerprint density at radius 2 is 1.94 bits per heavy atom. The molecular weight excluding hydrogens is 272 g/mol. The SMILES string of the molecule is COC(=O)c1c(CBr)cccc1CC(C)=O. The lowest BCUT2D eigenvalue weighted by molar-refractivity contribution is -0.116. The number of ether oxygens (including phenoxy) is 1. The van der Waals surface area contributed by atoms with E-state index in [1.165, 1.54) is 14.0 Å². The molecule has 0 aromatic heterocycles. The Kier molecular flexibility index (Phi) is 4.68. The van der Waals surface area contributed by atoms with Crippen LogP contribution in [0.4, 0.5) is 0 Å². The Labute approximate surface area is 103 Å². The first kappa shape index (κ1) is 12.9. The number of rotatable bonds is 4. The van der Waals surface area contributed by atoms with E-state index in [0.29, 0.717) is 10.9 Å². The van der Waals surface area contributed by atoms with Crippen LogP contribution in [0.15, 0.2) is 18.2 Å². The second-order valence-electron chi connectivity index (χ2n) is 3.46. The van der Waals surface area contributed by atoms with Gasteiger partial charge in [-0.2, -0.15) is 0 Å². The fourth-order valence-electron chi connectivity index (χ4n) is 1.54. The Balaban J connectivity index is 3.25. The van der Waals surface area contributed by atoms with Crippen molar-refractivity contribution in [3.05, 3.63) is 34.9 Å². The summed E-state index contributed by atoms with van der Waals surface area (Å²) in [6.07, 6.45) is 0.255. The number of benzene rings is 1. The molecule has 86 valence electrons. The lowest BCUT2D eigenvalue weighted by atomic mass is 9.98. The van der Waals surface area contributed by atoms with Crippen molar-refractivity contribution in [3.8, 4) is 0 Å². The van der Waals surface area contributed by atoms with Crippen LogP contribution in [0.3, 0.4) is 0 Å². The van der Waals surface area contributed by atoms with E-state index in [1.54, 1.807) is 6.07 Å². The molecule has 0 unspecified atom stereocenters. The molecule has 0 N–H and O–H groups in total. The zero-order chi connectivity index (χ0) is 12.1. The highest BCUT2D eigenvalue weighted by Crippen LogP contribution is 2.19. The molecule has 16 heavy (non-hydrogen) atoms. The van der Waals surface area contributed by atoms with Gasteiger partial charge in [-0.15, -0.1) is 0 Å². The molecule has 1 aromatic carbocycles. The van der Waals surface area contributed by atoms with Gasteiger partial charge in [0.15, 0.2) is 0 Å². The van der Waals surface area contributed by atoms with Gasteiger partial charge in [-0.25, -0.2) is 4.79 Å². The number of ketones is 1. The van der Waals surface area contributed by atoms with E-state index in [-0.39, 0.29) is 12.2 Å². The summed E-state index contributed by atoms with van der Waals surface area (Å²) in [6, 6.07) is 5.45. The molecular formula is C12H13BrO3. The smallest absolute Gasteiger partial charge is 0.338 e. The molecule has 0 radical (unpaired) electrons. The van der Waals surface area contributed by atoms with E-state index >= 15 is 0 Å². The normalized spacial score (nSPS) is 9.94. The van der Waals surface area contributed by atoms with Gasteiger partial charge in [0.25, 0.3) is 0 Å². The summed E-state index contributed by atoms with van der Waals surface area (Å²) < 4.78 is 4.73. The Bertz CT molecular complexity index is 413. The van der Waals surface area contributed by atoms with Crippen molar-refractivity contribution in [3.63, 3.8) is 0 Å². The summed E-state index contributed by atoms with van der Waals surface area (Å²) >= 11 is 3.31. The molecule has 0 aliphatic carbocycles. The van der Waals surface area contributed by atoms with Crippen LogP contribution in [0, 0.1) is 0 Å². The summed E-state index contributed by atoms with van der Waals surface area (Å²) in [5.41, 5.74) is 2.05. The third-order valence-corrected chi connectivity index (χ3v) is 2.81. The van der Waals surface area contributed by atoms with Crippen molar-refractivity contribution in [2.75, 3.05) is 7.11 Å². The molecule has 0 heterocycles. The summed E-state index contributed by atoms with van der Waals surface area (Å²) in [6.45, 7) is 1.50. The van der Waals surface area contributed by atoms with Gasteiger partial charge in [0.05, 0.1) is 12.7 Å². The Morgan fingerprint density at radius 1 is 1.31 bits per heavy atom. The zero-order valence-corrected chi connectivity index (χ0v) is 10.8. The summed E-state index contributed by atoms with van der Waals surface area (Å²) in [4.78, 5) is 22.8. The fraction of sp³-hybridized carbons (Fsp3) is 0.333. The number of Topliss-reactive ketones (excluding diaryl/α,β-unsaturated/α-hetero) is 1. The number of halogens is 1. The first-order chi connectivity index (χ1) is 7.60. The topological polar surface area (TPSA) is 43.4 Å². The standard InChI is InChI=1S/C12H13BrO3/c1-8(14)6-9-4-3-5-10(7-13)11(9)12(15)16-2/h3-5H,6-7H2,1-2H3. The van der Waals surface area contributed by atoms with Gasteiger partial charge < -0.3 is 4.74 Å². The first-order valence-electron chi connectivity index (χ1n) is 4.84. The van der Waals surface area contributed by atoms with Crippen LogP contribution in [-0.2, 0) is 21.3 Å². The number of hydrogen-bond acceptors (Lipinski definition) is 3. The van der Waals surface area contributed by atoms with Crippen LogP contribution in [0.25, 0.3) is 0 Å². The maximum Gasteiger partial charge on any atom is 0.338 e. The van der Waals surface area contributed by atoms with Gasteiger partial charge in [-0.3, -0.25) is 4.79 Å². The summed E-state index contributed by atoms with van der Waals surface area (Å²) in [5.74, 6) is -0.372. The molecule has 3 nitrogen and oxygen atoms in total. The number of methoxy groups -OCH3 is 1. The maximum absolute atomic E-state index is 11.6. The first-order valence-corrected chi connectivity index (χ1v) is 5.96. The van der Waals surface area contributed by atoms with Crippen LogP contribution in [-0.4, -0.2) is 18.9 Å². The largest absolute Gasteiger partial charge is 0.465 e. The highest BCUT2D eigenvalue weighted by Gasteiger charge is 2.16. The fourth-order valence-corrected chi connectivity index (χ4v) is 2.01. The highest BCUT2D eigenvalue weighted by atomic mass is 79.9. The molecule has 1 aromatic rings. The van der Waals surface area contributed by atoms with Gasteiger partial charge in [0, 0.05) is 11.8 Å². The third-order valence-electron chi connectivity index (χ3n) is 2.21. The number of esters is 1. The predicted octanol–water partition coefficient (Wildman–Crippen LogP) is 2.50. The number of hydrogen-bond donors (Lipinski definition) is 0. The molecule has 0 saturated heterocycles. The Hall–Kier alpha value is -1.16. The van der Waals surface area contributed by atoms with Crippen molar-refractivity contribution in [2.45, 2.75) is 18.7 Å². The second kappa shape index (κ2) is 5.80. The summed E-state index contributed by atoms with van der Waals surface area (Å²) in [7, 11) is 1.34. The third kappa shape index (κ3) is 2.92. The second-order valence-corrected chi connectivity index (χ2v) is 4.02. The monoisotopic (exact) mass is 284 g/mol. The highest BCUT2D eigenvalue weighted by molar-refractivity contribution is 9.08. The van der Waals surface area contributed by atoms with Crippen LogP contribution < -0.4 is 0 Å². The minimum atomic E-state index is -0.397. The van der Waals surface area contributed by atoms with E-state index in [9.17, 15) is 9.59 Å². The van der Waals surface area contributed by atoms with Crippen LogP contribution in [0.1, 0.15) is 28.4 Å². The predicted molar refractivity (Wildman–Crippen MR) is 64.8 cm³/mol. The number of alkyl halides is 1. The van der Waals surface area contributed by atoms with Crippen LogP contribution >= 0.6 is 15.9 Å². The van der Waals surface area contributed by atoms with Crippen molar-refractivity contribution in [1.82, 2.24) is 0 Å². The molecule has 1 rings (SSSR count). The Morgan fingerprint density at radius 3 is 2.44 bits per heavy atom. The quantitative estimate of drug-likeness (QED) is 0.630. The average Bonchev–Trinajstić information content (AvgIpc) is 2.27. The van der Waals surface area contributed by atoms with E-state index in [1.807, 2.05) is 12.1 Å². The van der Waals surface area contributed by atoms with Crippen LogP contribution in [0.2, 0.25) is 0 Å². The van der Waals surface area contributed by atoms with Gasteiger partial charge in [0.1, 0.15) is 5.78 Å². The number of carbonyl (C=O) groups excluding carboxylic acids is 2. The van der Waals surface area contributed by atoms with Gasteiger partial charge >= 0.3 is 5.97 Å². The molecule has 0 saturated carbocycles. The van der Waals surface area contributed by atoms with E-state index < -0.39 is 5.97 Å². The van der Waals surface area contributed by atoms with Crippen LogP contribution in [0.5, 0.6) is 0 Å². The van der Waals surface area contributed by atoms with Crippen molar-refractivity contribution in [2.24, 2.45) is 0 Å². The van der Waals surface area contributed by atoms with E-state index in [4.69, 9.17) is 4.74 Å². The zero-order valence-electron chi connectivity index (χ0n) is 9.25. The molecule has 0 aliphatic heterocycles. The van der Waals surface area contributed by atoms with Gasteiger partial charge in [-0.1, -0.05) is 34.1 Å². The summed E-state index contributed by atoms with van der Waals surface area (Å²) in [5, 5.41) is 0.559. The van der Waals surface area contributed by atoms with Gasteiger partial charge in [-0.05, 0) is 18.1 Å². The lowest BCUT2D eigenvalue weighted by Crippen LogP contribution is -2.11. The van der Waals surface area contributed by atoms with Crippen molar-refractivity contribution in [1.29, 1.82) is 0 Å². The molecule has 0 amide bonds. The lowest BCUT2D eigenvalue weighted by Gasteiger charge is -2.10. The molecule has 4 heteroatoms.